The van der Waals surface area contributed by atoms with Gasteiger partial charge in [0.05, 0.1) is 6.54 Å². The molecule has 6 nitrogen and oxygen atoms in total. The summed E-state index contributed by atoms with van der Waals surface area (Å²) in [5.74, 6) is -0.130. The number of nitrogens with one attached hydrogen (secondary N) is 1. The van der Waals surface area contributed by atoms with E-state index >= 15 is 0 Å². The van der Waals surface area contributed by atoms with Crippen LogP contribution in [0, 0.1) is 5.92 Å². The van der Waals surface area contributed by atoms with E-state index in [0.717, 1.165) is 38.9 Å². The summed E-state index contributed by atoms with van der Waals surface area (Å²) in [5.41, 5.74) is 0. The minimum absolute atomic E-state index is 0.0653. The zero-order chi connectivity index (χ0) is 16.8. The number of likely N-dealkylation sites (N-methyl/N-ethyl adjacent to an activating group) is 1. The summed E-state index contributed by atoms with van der Waals surface area (Å²) in [4.78, 5) is 27.2. The van der Waals surface area contributed by atoms with Crippen LogP contribution in [0.1, 0.15) is 52.4 Å². The van der Waals surface area contributed by atoms with Crippen molar-refractivity contribution >= 4 is 12.0 Å². The number of carboxylic acids is 1. The molecule has 1 aliphatic carbocycles. The normalized spacial score (nSPS) is 27.6. The second kappa shape index (κ2) is 8.52. The molecular formula is C17H31N3O3. The molecule has 1 saturated heterocycles. The maximum Gasteiger partial charge on any atom is 0.317 e. The topological polar surface area (TPSA) is 72.9 Å². The van der Waals surface area contributed by atoms with Gasteiger partial charge in [0.1, 0.15) is 0 Å². The fourth-order valence-electron chi connectivity index (χ4n) is 3.84. The van der Waals surface area contributed by atoms with Crippen molar-refractivity contribution < 1.29 is 14.7 Å². The van der Waals surface area contributed by atoms with Gasteiger partial charge in [-0.3, -0.25) is 9.69 Å². The zero-order valence-corrected chi connectivity index (χ0v) is 14.5. The molecule has 0 spiro atoms. The van der Waals surface area contributed by atoms with E-state index < -0.39 is 5.97 Å². The van der Waals surface area contributed by atoms with Crippen molar-refractivity contribution in [1.29, 1.82) is 0 Å². The fourth-order valence-corrected chi connectivity index (χ4v) is 3.84. The van der Waals surface area contributed by atoms with Crippen LogP contribution < -0.4 is 5.32 Å². The first-order valence-electron chi connectivity index (χ1n) is 9.04. The summed E-state index contributed by atoms with van der Waals surface area (Å²) in [7, 11) is 0. The van der Waals surface area contributed by atoms with Crippen molar-refractivity contribution in [3.63, 3.8) is 0 Å². The minimum Gasteiger partial charge on any atom is -0.480 e. The van der Waals surface area contributed by atoms with E-state index in [-0.39, 0.29) is 24.7 Å². The van der Waals surface area contributed by atoms with Crippen LogP contribution in [-0.4, -0.2) is 65.2 Å². The molecule has 1 heterocycles. The van der Waals surface area contributed by atoms with Gasteiger partial charge < -0.3 is 15.3 Å². The fraction of sp³-hybridized carbons (Fsp3) is 0.882. The largest absolute Gasteiger partial charge is 0.480 e. The Balaban J connectivity index is 1.72. The Labute approximate surface area is 139 Å². The van der Waals surface area contributed by atoms with Gasteiger partial charge in [0, 0.05) is 25.2 Å². The third-order valence-corrected chi connectivity index (χ3v) is 5.20. The highest BCUT2D eigenvalue weighted by Crippen LogP contribution is 2.26. The van der Waals surface area contributed by atoms with E-state index in [4.69, 9.17) is 5.11 Å². The average molecular weight is 325 g/mol. The van der Waals surface area contributed by atoms with Gasteiger partial charge in [0.25, 0.3) is 0 Å². The summed E-state index contributed by atoms with van der Waals surface area (Å²) in [5, 5.41) is 12.0. The molecule has 1 saturated carbocycles. The molecule has 23 heavy (non-hydrogen) atoms. The van der Waals surface area contributed by atoms with Crippen molar-refractivity contribution in [1.82, 2.24) is 15.1 Å². The highest BCUT2D eigenvalue weighted by molar-refractivity contribution is 5.74. The van der Waals surface area contributed by atoms with Crippen LogP contribution in [0.5, 0.6) is 0 Å². The number of carbonyl (C=O) groups is 2. The molecule has 1 unspecified atom stereocenters. The van der Waals surface area contributed by atoms with Crippen LogP contribution in [0.2, 0.25) is 0 Å². The van der Waals surface area contributed by atoms with Crippen molar-refractivity contribution in [3.05, 3.63) is 0 Å². The monoisotopic (exact) mass is 325 g/mol. The summed E-state index contributed by atoms with van der Waals surface area (Å²) in [6.45, 7) is 6.76. The van der Waals surface area contributed by atoms with Crippen LogP contribution in [0.4, 0.5) is 4.79 Å². The van der Waals surface area contributed by atoms with E-state index in [1.54, 1.807) is 0 Å². The van der Waals surface area contributed by atoms with Crippen molar-refractivity contribution in [2.24, 2.45) is 5.92 Å². The quantitative estimate of drug-likeness (QED) is 0.752. The smallest absolute Gasteiger partial charge is 0.317 e. The van der Waals surface area contributed by atoms with Crippen LogP contribution in [0.25, 0.3) is 0 Å². The first-order chi connectivity index (χ1) is 11.0. The van der Waals surface area contributed by atoms with E-state index in [9.17, 15) is 9.59 Å². The first kappa shape index (κ1) is 18.0. The molecule has 0 aromatic carbocycles. The molecule has 2 N–H and O–H groups in total. The second-order valence-corrected chi connectivity index (χ2v) is 6.97. The molecule has 1 atom stereocenters. The SMILES string of the molecule is CCCC1CCCN(C(=O)NC2CC(N(CC)CC(=O)O)C2)C1. The Hall–Kier alpha value is -1.30. The number of likely N-dealkylation sites (tertiary alicyclic amines) is 1. The zero-order valence-electron chi connectivity index (χ0n) is 14.5. The molecule has 2 fully saturated rings. The van der Waals surface area contributed by atoms with Gasteiger partial charge in [0.15, 0.2) is 0 Å². The molecular weight excluding hydrogens is 294 g/mol. The van der Waals surface area contributed by atoms with Gasteiger partial charge in [-0.2, -0.15) is 0 Å². The van der Waals surface area contributed by atoms with Gasteiger partial charge >= 0.3 is 12.0 Å². The second-order valence-electron chi connectivity index (χ2n) is 6.97. The van der Waals surface area contributed by atoms with Crippen LogP contribution in [-0.2, 0) is 4.79 Å². The minimum atomic E-state index is -0.783. The van der Waals surface area contributed by atoms with Gasteiger partial charge in [0.2, 0.25) is 0 Å². The Morgan fingerprint density at radius 3 is 2.65 bits per heavy atom. The number of piperidine rings is 1. The highest BCUT2D eigenvalue weighted by atomic mass is 16.4. The number of nitrogens with zero attached hydrogens (tertiary/aromatic N) is 2. The third-order valence-electron chi connectivity index (χ3n) is 5.20. The maximum absolute atomic E-state index is 12.4. The van der Waals surface area contributed by atoms with Crippen LogP contribution in [0.3, 0.4) is 0 Å². The van der Waals surface area contributed by atoms with Crippen LogP contribution >= 0.6 is 0 Å². The number of hydrogen-bond donors (Lipinski definition) is 2. The predicted octanol–water partition coefficient (Wildman–Crippen LogP) is 2.15. The number of amides is 2. The average Bonchev–Trinajstić information content (AvgIpc) is 2.48. The molecule has 2 aliphatic rings. The summed E-state index contributed by atoms with van der Waals surface area (Å²) < 4.78 is 0. The lowest BCUT2D eigenvalue weighted by atomic mass is 9.85. The molecule has 2 amide bonds. The molecule has 0 aromatic rings. The Morgan fingerprint density at radius 1 is 1.30 bits per heavy atom. The van der Waals surface area contributed by atoms with E-state index in [0.29, 0.717) is 5.92 Å². The molecule has 0 bridgehead atoms. The van der Waals surface area contributed by atoms with Gasteiger partial charge in [-0.05, 0) is 44.6 Å². The lowest BCUT2D eigenvalue weighted by Gasteiger charge is -2.43. The van der Waals surface area contributed by atoms with E-state index in [1.807, 2.05) is 16.7 Å². The maximum atomic E-state index is 12.4. The molecule has 0 aromatic heterocycles. The van der Waals surface area contributed by atoms with Gasteiger partial charge in [-0.25, -0.2) is 4.79 Å². The lowest BCUT2D eigenvalue weighted by molar-refractivity contribution is -0.139. The number of carbonyl (C=O) groups excluding carboxylic acids is 1. The van der Waals surface area contributed by atoms with Crippen molar-refractivity contribution in [2.45, 2.75) is 64.5 Å². The van der Waals surface area contributed by atoms with Gasteiger partial charge in [-0.1, -0.05) is 20.3 Å². The van der Waals surface area contributed by atoms with E-state index in [2.05, 4.69) is 12.2 Å². The Bertz CT molecular complexity index is 408. The molecule has 6 heteroatoms. The first-order valence-corrected chi connectivity index (χ1v) is 9.04. The third kappa shape index (κ3) is 5.09. The lowest BCUT2D eigenvalue weighted by Crippen LogP contribution is -2.57. The summed E-state index contributed by atoms with van der Waals surface area (Å²) >= 11 is 0. The summed E-state index contributed by atoms with van der Waals surface area (Å²) in [6, 6.07) is 0.549. The molecule has 0 radical (unpaired) electrons. The van der Waals surface area contributed by atoms with Gasteiger partial charge in [-0.15, -0.1) is 0 Å². The predicted molar refractivity (Wildman–Crippen MR) is 89.4 cm³/mol. The Morgan fingerprint density at radius 2 is 2.04 bits per heavy atom. The molecule has 132 valence electrons. The number of hydrogen-bond acceptors (Lipinski definition) is 3. The van der Waals surface area contributed by atoms with E-state index in [1.165, 1.54) is 19.3 Å². The Kier molecular flexibility index (Phi) is 6.69. The number of urea groups is 1. The molecule has 1 aliphatic heterocycles. The van der Waals surface area contributed by atoms with Crippen LogP contribution in [0.15, 0.2) is 0 Å². The number of rotatable bonds is 7. The van der Waals surface area contributed by atoms with Crippen molar-refractivity contribution in [2.75, 3.05) is 26.2 Å². The molecule has 2 rings (SSSR count). The van der Waals surface area contributed by atoms with Crippen molar-refractivity contribution in [3.8, 4) is 0 Å². The highest BCUT2D eigenvalue weighted by Gasteiger charge is 2.35. The standard InChI is InChI=1S/C17H31N3O3/c1-3-6-13-7-5-8-20(11-13)17(23)18-14-9-15(10-14)19(4-2)12-16(21)22/h13-15H,3-12H2,1-2H3,(H,18,23)(H,21,22). The number of aliphatic carboxylic acids is 1. The number of carboxylic acid groups (broad SMARTS) is 1. The summed E-state index contributed by atoms with van der Waals surface area (Å²) in [6.07, 6.45) is 6.45.